The van der Waals surface area contributed by atoms with Crippen molar-refractivity contribution >= 4 is 0 Å². The van der Waals surface area contributed by atoms with Crippen LogP contribution < -0.4 is 0 Å². The van der Waals surface area contributed by atoms with Crippen LogP contribution in [0.4, 0.5) is 0 Å². The molecule has 4 aliphatic carbocycles. The molecule has 1 unspecified atom stereocenters. The highest BCUT2D eigenvalue weighted by Gasteiger charge is 2.67. The lowest BCUT2D eigenvalue weighted by Gasteiger charge is -2.65. The van der Waals surface area contributed by atoms with Gasteiger partial charge in [-0.15, -0.1) is 5.10 Å². The Hall–Kier alpha value is -1.05. The number of nitrogens with one attached hydrogen (secondary N) is 1. The first-order chi connectivity index (χ1) is 15.7. The number of aliphatic hydroxyl groups is 3. The zero-order chi connectivity index (χ0) is 23.5. The summed E-state index contributed by atoms with van der Waals surface area (Å²) in [6.45, 7) is 9.29. The van der Waals surface area contributed by atoms with Gasteiger partial charge in [0.1, 0.15) is 5.82 Å². The van der Waals surface area contributed by atoms with Crippen LogP contribution in [0, 0.1) is 52.3 Å². The minimum atomic E-state index is -0.333. The van der Waals surface area contributed by atoms with E-state index in [1.807, 2.05) is 0 Å². The number of hydrogen-bond donors (Lipinski definition) is 4. The number of fused-ring (bicyclic) bond motifs is 5. The van der Waals surface area contributed by atoms with Crippen molar-refractivity contribution in [1.29, 1.82) is 0 Å². The summed E-state index contributed by atoms with van der Waals surface area (Å²) < 4.78 is 0. The topological polar surface area (TPSA) is 115 Å². The molecule has 5 rings (SSSR count). The van der Waals surface area contributed by atoms with Crippen LogP contribution in [0.15, 0.2) is 0 Å². The van der Waals surface area contributed by atoms with Crippen molar-refractivity contribution in [3.05, 3.63) is 5.82 Å². The Morgan fingerprint density at radius 3 is 2.55 bits per heavy atom. The fourth-order valence-electron chi connectivity index (χ4n) is 9.74. The SMILES string of the molecule is CCC1[C@@H](O)[C@@H]2[C@H](C[C@H](O)[C@]3(C)[C@@H]([C@H](C)CCc4nnn[nH]4)CC[C@@H]23)[C@@]2(C)CC[C@@H](O)C[C@@H]12. The van der Waals surface area contributed by atoms with Crippen LogP contribution in [0.3, 0.4) is 0 Å². The van der Waals surface area contributed by atoms with Gasteiger partial charge < -0.3 is 15.3 Å². The third-order valence-corrected chi connectivity index (χ3v) is 11.5. The van der Waals surface area contributed by atoms with Crippen LogP contribution in [-0.4, -0.2) is 54.3 Å². The van der Waals surface area contributed by atoms with Crippen molar-refractivity contribution in [2.24, 2.45) is 52.3 Å². The summed E-state index contributed by atoms with van der Waals surface area (Å²) in [4.78, 5) is 0. The van der Waals surface area contributed by atoms with Gasteiger partial charge in [-0.25, -0.2) is 5.10 Å². The number of rotatable bonds is 5. The molecule has 0 spiro atoms. The van der Waals surface area contributed by atoms with Crippen LogP contribution in [-0.2, 0) is 6.42 Å². The fourth-order valence-corrected chi connectivity index (χ4v) is 9.74. The predicted molar refractivity (Wildman–Crippen MR) is 125 cm³/mol. The Labute approximate surface area is 198 Å². The molecule has 4 saturated carbocycles. The van der Waals surface area contributed by atoms with Crippen LogP contribution in [0.1, 0.15) is 84.9 Å². The number of aliphatic hydroxyl groups excluding tert-OH is 3. The van der Waals surface area contributed by atoms with E-state index in [1.165, 1.54) is 0 Å². The number of aromatic amines is 1. The summed E-state index contributed by atoms with van der Waals surface area (Å²) in [6, 6.07) is 0. The molecule has 4 N–H and O–H groups in total. The van der Waals surface area contributed by atoms with Crippen LogP contribution in [0.2, 0.25) is 0 Å². The van der Waals surface area contributed by atoms with Gasteiger partial charge in [0.05, 0.1) is 18.3 Å². The predicted octanol–water partition coefficient (Wildman–Crippen LogP) is 3.37. The maximum atomic E-state index is 11.8. The Balaban J connectivity index is 1.42. The molecule has 0 saturated heterocycles. The van der Waals surface area contributed by atoms with Crippen LogP contribution >= 0.6 is 0 Å². The summed E-state index contributed by atoms with van der Waals surface area (Å²) >= 11 is 0. The van der Waals surface area contributed by atoms with Gasteiger partial charge in [0.25, 0.3) is 0 Å². The average molecular weight is 461 g/mol. The van der Waals surface area contributed by atoms with E-state index < -0.39 is 0 Å². The Bertz CT molecular complexity index is 820. The van der Waals surface area contributed by atoms with E-state index in [9.17, 15) is 15.3 Å². The van der Waals surface area contributed by atoms with Gasteiger partial charge in [-0.05, 0) is 108 Å². The number of aryl methyl sites for hydroxylation is 1. The van der Waals surface area contributed by atoms with Gasteiger partial charge in [0.2, 0.25) is 0 Å². The smallest absolute Gasteiger partial charge is 0.148 e. The maximum absolute atomic E-state index is 11.8. The Morgan fingerprint density at radius 2 is 1.85 bits per heavy atom. The van der Waals surface area contributed by atoms with E-state index in [2.05, 4.69) is 48.3 Å². The summed E-state index contributed by atoms with van der Waals surface area (Å²) in [5.41, 5.74) is -0.0496. The van der Waals surface area contributed by atoms with E-state index in [0.717, 1.165) is 63.6 Å². The van der Waals surface area contributed by atoms with Crippen molar-refractivity contribution in [3.8, 4) is 0 Å². The van der Waals surface area contributed by atoms with Gasteiger partial charge in [0.15, 0.2) is 0 Å². The second-order valence-corrected chi connectivity index (χ2v) is 12.6. The molecular formula is C26H44N4O3. The molecule has 0 bridgehead atoms. The van der Waals surface area contributed by atoms with Gasteiger partial charge in [-0.2, -0.15) is 0 Å². The molecule has 1 aromatic heterocycles. The van der Waals surface area contributed by atoms with Gasteiger partial charge in [-0.3, -0.25) is 0 Å². The van der Waals surface area contributed by atoms with Crippen LogP contribution in [0.5, 0.6) is 0 Å². The molecule has 33 heavy (non-hydrogen) atoms. The summed E-state index contributed by atoms with van der Waals surface area (Å²) in [5.74, 6) is 3.31. The van der Waals surface area contributed by atoms with E-state index >= 15 is 0 Å². The standard InChI is InChI=1S/C26H44N4O3/c1-5-16-19-12-15(31)10-11-25(19,3)20-13-21(32)26(4)17(7-8-18(26)23(20)24(16)33)14(2)6-9-22-27-29-30-28-22/h14-21,23-24,31-33H,5-13H2,1-4H3,(H,27,28,29,30)/t14-,15-,16?,17-,18+,19+,20+,21+,23+,24-,25+,26-/m1/s1. The highest BCUT2D eigenvalue weighted by molar-refractivity contribution is 5.15. The maximum Gasteiger partial charge on any atom is 0.148 e. The minimum absolute atomic E-state index is 0.106. The Morgan fingerprint density at radius 1 is 1.06 bits per heavy atom. The zero-order valence-electron chi connectivity index (χ0n) is 20.8. The second-order valence-electron chi connectivity index (χ2n) is 12.6. The van der Waals surface area contributed by atoms with E-state index in [4.69, 9.17) is 0 Å². The number of H-pyrrole nitrogens is 1. The van der Waals surface area contributed by atoms with Crippen LogP contribution in [0.25, 0.3) is 0 Å². The quantitative estimate of drug-likeness (QED) is 0.536. The number of nitrogens with zero attached hydrogens (tertiary/aromatic N) is 3. The largest absolute Gasteiger partial charge is 0.393 e. The van der Waals surface area contributed by atoms with Gasteiger partial charge in [-0.1, -0.05) is 34.1 Å². The molecule has 186 valence electrons. The van der Waals surface area contributed by atoms with Crippen molar-refractivity contribution in [2.45, 2.75) is 104 Å². The number of aromatic nitrogens is 4. The van der Waals surface area contributed by atoms with Crippen molar-refractivity contribution in [3.63, 3.8) is 0 Å². The van der Waals surface area contributed by atoms with Crippen molar-refractivity contribution < 1.29 is 15.3 Å². The normalized spacial score (nSPS) is 50.3. The molecule has 4 aliphatic rings. The minimum Gasteiger partial charge on any atom is -0.393 e. The monoisotopic (exact) mass is 460 g/mol. The molecule has 4 fully saturated rings. The molecule has 1 aromatic rings. The van der Waals surface area contributed by atoms with Gasteiger partial charge >= 0.3 is 0 Å². The summed E-state index contributed by atoms with van der Waals surface area (Å²) in [5, 5.41) is 48.3. The first-order valence-corrected chi connectivity index (χ1v) is 13.5. The first kappa shape index (κ1) is 23.7. The lowest BCUT2D eigenvalue weighted by atomic mass is 9.41. The molecular weight excluding hydrogens is 416 g/mol. The summed E-state index contributed by atoms with van der Waals surface area (Å²) in [6.07, 6.45) is 7.61. The van der Waals surface area contributed by atoms with E-state index in [0.29, 0.717) is 29.6 Å². The fraction of sp³-hybridized carbons (Fsp3) is 0.962. The first-order valence-electron chi connectivity index (χ1n) is 13.5. The average Bonchev–Trinajstić information content (AvgIpc) is 3.43. The highest BCUT2D eigenvalue weighted by atomic mass is 16.3. The molecule has 7 heteroatoms. The second kappa shape index (κ2) is 8.56. The van der Waals surface area contributed by atoms with Crippen molar-refractivity contribution in [2.75, 3.05) is 0 Å². The molecule has 0 amide bonds. The lowest BCUT2D eigenvalue weighted by molar-refractivity contribution is -0.228. The van der Waals surface area contributed by atoms with Crippen molar-refractivity contribution in [1.82, 2.24) is 20.6 Å². The lowest BCUT2D eigenvalue weighted by Crippen LogP contribution is -2.65. The van der Waals surface area contributed by atoms with E-state index in [1.54, 1.807) is 0 Å². The molecule has 0 aromatic carbocycles. The third-order valence-electron chi connectivity index (χ3n) is 11.5. The Kier molecular flexibility index (Phi) is 6.14. The molecule has 1 heterocycles. The zero-order valence-corrected chi connectivity index (χ0v) is 20.8. The third kappa shape index (κ3) is 3.51. The molecule has 7 nitrogen and oxygen atoms in total. The van der Waals surface area contributed by atoms with Gasteiger partial charge in [0, 0.05) is 6.42 Å². The number of hydrogen-bond acceptors (Lipinski definition) is 6. The summed E-state index contributed by atoms with van der Waals surface area (Å²) in [7, 11) is 0. The molecule has 0 radical (unpaired) electrons. The van der Waals surface area contributed by atoms with E-state index in [-0.39, 0.29) is 41.0 Å². The molecule has 0 aliphatic heterocycles. The highest BCUT2D eigenvalue weighted by Crippen LogP contribution is 2.69. The molecule has 12 atom stereocenters. The number of tetrazole rings is 1.